The third-order valence-corrected chi connectivity index (χ3v) is 5.95. The van der Waals surface area contributed by atoms with Crippen molar-refractivity contribution in [2.75, 3.05) is 0 Å². The number of fused-ring (bicyclic) bond motifs is 1. The molecule has 0 unspecified atom stereocenters. The van der Waals surface area contributed by atoms with Crippen molar-refractivity contribution in [3.63, 3.8) is 0 Å². The van der Waals surface area contributed by atoms with Crippen LogP contribution in [0.1, 0.15) is 21.9 Å². The molecular formula is C23H16N2O5S. The van der Waals surface area contributed by atoms with Crippen LogP contribution in [0.5, 0.6) is 17.4 Å². The number of para-hydroxylation sites is 1. The van der Waals surface area contributed by atoms with E-state index in [1.54, 1.807) is 25.1 Å². The van der Waals surface area contributed by atoms with Crippen molar-refractivity contribution in [2.24, 2.45) is 0 Å². The second-order valence-electron chi connectivity index (χ2n) is 6.98. The molecule has 0 spiro atoms. The van der Waals surface area contributed by atoms with E-state index >= 15 is 0 Å². The third-order valence-electron chi connectivity index (χ3n) is 4.93. The topological polar surface area (TPSA) is 109 Å². The summed E-state index contributed by atoms with van der Waals surface area (Å²) in [6.45, 7) is 1.71. The van der Waals surface area contributed by atoms with Gasteiger partial charge in [-0.1, -0.05) is 23.5 Å². The number of ketones is 1. The fourth-order valence-electron chi connectivity index (χ4n) is 3.48. The number of thiazole rings is 1. The van der Waals surface area contributed by atoms with Gasteiger partial charge in [0.1, 0.15) is 11.5 Å². The number of carbonyl (C=O) groups is 1. The molecule has 3 N–H and O–H groups in total. The van der Waals surface area contributed by atoms with Gasteiger partial charge in [0, 0.05) is 0 Å². The molecule has 0 saturated heterocycles. The number of aryl methyl sites for hydroxylation is 1. The Morgan fingerprint density at radius 1 is 1.00 bits per heavy atom. The number of furan rings is 1. The van der Waals surface area contributed by atoms with Gasteiger partial charge in [0.05, 0.1) is 21.5 Å². The fraction of sp³-hybridized carbons (Fsp3) is 0.0435. The van der Waals surface area contributed by atoms with Crippen molar-refractivity contribution < 1.29 is 24.5 Å². The van der Waals surface area contributed by atoms with Crippen molar-refractivity contribution >= 4 is 27.3 Å². The van der Waals surface area contributed by atoms with E-state index < -0.39 is 17.4 Å². The molecule has 3 aromatic heterocycles. The maximum absolute atomic E-state index is 13.3. The molecule has 0 atom stereocenters. The largest absolute Gasteiger partial charge is 0.508 e. The van der Waals surface area contributed by atoms with Crippen LogP contribution in [0.15, 0.2) is 65.1 Å². The number of nitrogens with zero attached hydrogens (tertiary/aromatic N) is 2. The summed E-state index contributed by atoms with van der Waals surface area (Å²) < 4.78 is 7.69. The zero-order valence-corrected chi connectivity index (χ0v) is 17.1. The van der Waals surface area contributed by atoms with Crippen molar-refractivity contribution in [3.05, 3.63) is 77.7 Å². The van der Waals surface area contributed by atoms with E-state index in [0.29, 0.717) is 16.5 Å². The maximum Gasteiger partial charge on any atom is 0.242 e. The smallest absolute Gasteiger partial charge is 0.242 e. The lowest BCUT2D eigenvalue weighted by Crippen LogP contribution is -2.04. The number of aromatic nitrogens is 2. The van der Waals surface area contributed by atoms with Crippen LogP contribution in [-0.2, 0) is 0 Å². The molecule has 0 aliphatic rings. The van der Waals surface area contributed by atoms with Crippen LogP contribution < -0.4 is 0 Å². The molecular weight excluding hydrogens is 416 g/mol. The van der Waals surface area contributed by atoms with Crippen LogP contribution in [0.2, 0.25) is 0 Å². The average molecular weight is 432 g/mol. The first-order valence-electron chi connectivity index (χ1n) is 9.37. The van der Waals surface area contributed by atoms with E-state index in [9.17, 15) is 20.1 Å². The van der Waals surface area contributed by atoms with Gasteiger partial charge in [-0.15, -0.1) is 0 Å². The van der Waals surface area contributed by atoms with Crippen LogP contribution in [0, 0.1) is 6.92 Å². The molecule has 2 aromatic carbocycles. The van der Waals surface area contributed by atoms with Gasteiger partial charge >= 0.3 is 0 Å². The first-order valence-corrected chi connectivity index (χ1v) is 10.2. The highest BCUT2D eigenvalue weighted by Crippen LogP contribution is 2.45. The van der Waals surface area contributed by atoms with Crippen LogP contribution in [0.25, 0.3) is 26.6 Å². The Kier molecular flexibility index (Phi) is 4.30. The van der Waals surface area contributed by atoms with Gasteiger partial charge in [-0.2, -0.15) is 0 Å². The molecule has 0 radical (unpaired) electrons. The number of carbonyl (C=O) groups excluding carboxylic acids is 1. The number of phenols is 1. The number of rotatable bonds is 4. The van der Waals surface area contributed by atoms with Crippen molar-refractivity contribution in [1.29, 1.82) is 0 Å². The monoisotopic (exact) mass is 432 g/mol. The molecule has 0 aliphatic carbocycles. The van der Waals surface area contributed by atoms with E-state index in [0.717, 1.165) is 10.2 Å². The second kappa shape index (κ2) is 7.03. The van der Waals surface area contributed by atoms with E-state index in [4.69, 9.17) is 4.42 Å². The molecule has 0 aliphatic heterocycles. The molecule has 8 heteroatoms. The first-order chi connectivity index (χ1) is 14.9. The number of hydrogen-bond donors (Lipinski definition) is 3. The Bertz CT molecular complexity index is 1410. The Balaban J connectivity index is 1.81. The summed E-state index contributed by atoms with van der Waals surface area (Å²) in [6.07, 6.45) is 0. The Hall–Kier alpha value is -4.04. The molecule has 5 rings (SSSR count). The minimum absolute atomic E-state index is 0.0364. The van der Waals surface area contributed by atoms with E-state index in [-0.39, 0.29) is 22.8 Å². The first kappa shape index (κ1) is 19.0. The summed E-state index contributed by atoms with van der Waals surface area (Å²) >= 11 is 1.31. The molecule has 0 fully saturated rings. The number of aromatic hydroxyl groups is 3. The van der Waals surface area contributed by atoms with E-state index in [2.05, 4.69) is 4.98 Å². The van der Waals surface area contributed by atoms with Crippen molar-refractivity contribution in [1.82, 2.24) is 9.55 Å². The molecule has 154 valence electrons. The highest BCUT2D eigenvalue weighted by atomic mass is 32.1. The number of hydrogen-bond acceptors (Lipinski definition) is 7. The van der Waals surface area contributed by atoms with E-state index in [1.165, 1.54) is 34.1 Å². The average Bonchev–Trinajstić information content (AvgIpc) is 3.45. The van der Waals surface area contributed by atoms with Crippen LogP contribution in [-0.4, -0.2) is 30.7 Å². The van der Waals surface area contributed by atoms with Crippen LogP contribution in [0.3, 0.4) is 0 Å². The lowest BCUT2D eigenvalue weighted by molar-refractivity contribution is 0.101. The molecule has 3 heterocycles. The van der Waals surface area contributed by atoms with Gasteiger partial charge in [0.2, 0.25) is 11.7 Å². The third kappa shape index (κ3) is 3.04. The molecule has 0 bridgehead atoms. The van der Waals surface area contributed by atoms with Crippen LogP contribution in [0.4, 0.5) is 0 Å². The molecule has 0 amide bonds. The zero-order chi connectivity index (χ0) is 21.7. The molecule has 0 saturated carbocycles. The predicted molar refractivity (Wildman–Crippen MR) is 116 cm³/mol. The van der Waals surface area contributed by atoms with Crippen molar-refractivity contribution in [3.8, 4) is 33.8 Å². The lowest BCUT2D eigenvalue weighted by Gasteiger charge is -2.09. The van der Waals surface area contributed by atoms with Gasteiger partial charge < -0.3 is 19.7 Å². The Morgan fingerprint density at radius 3 is 2.42 bits per heavy atom. The molecule has 31 heavy (non-hydrogen) atoms. The zero-order valence-electron chi connectivity index (χ0n) is 16.2. The van der Waals surface area contributed by atoms with Crippen LogP contribution >= 0.6 is 11.3 Å². The summed E-state index contributed by atoms with van der Waals surface area (Å²) in [5.41, 5.74) is 1.35. The van der Waals surface area contributed by atoms with Gasteiger partial charge in [-0.3, -0.25) is 9.36 Å². The predicted octanol–water partition coefficient (Wildman–Crippen LogP) is 5.00. The highest BCUT2D eigenvalue weighted by molar-refractivity contribution is 7.20. The summed E-state index contributed by atoms with van der Waals surface area (Å²) in [7, 11) is 0. The Labute approximate surface area is 180 Å². The standard InChI is InChI=1S/C23H16N2O5S/c1-12-6-11-16(30-12)20(27)18-19(13-7-9-14(26)10-8-13)25(22(29)21(18)28)23-24-15-4-2-3-5-17(15)31-23/h2-11,26,28-29H,1H3. The Morgan fingerprint density at radius 2 is 1.74 bits per heavy atom. The van der Waals surface area contributed by atoms with E-state index in [1.807, 2.05) is 24.3 Å². The summed E-state index contributed by atoms with van der Waals surface area (Å²) in [5.74, 6) is -1.03. The summed E-state index contributed by atoms with van der Waals surface area (Å²) in [5, 5.41) is 31.7. The van der Waals surface area contributed by atoms with Gasteiger partial charge in [0.25, 0.3) is 0 Å². The van der Waals surface area contributed by atoms with Crippen molar-refractivity contribution in [2.45, 2.75) is 6.92 Å². The SMILES string of the molecule is Cc1ccc(C(=O)c2c(O)c(O)n(-c3nc4ccccc4s3)c2-c2ccc(O)cc2)o1. The lowest BCUT2D eigenvalue weighted by atomic mass is 10.0. The number of phenolic OH excluding ortho intramolecular Hbond substituents is 1. The molecule has 5 aromatic rings. The minimum Gasteiger partial charge on any atom is -0.508 e. The van der Waals surface area contributed by atoms with Gasteiger partial charge in [-0.05, 0) is 61.0 Å². The summed E-state index contributed by atoms with van der Waals surface area (Å²) in [4.78, 5) is 17.8. The minimum atomic E-state index is -0.580. The number of benzene rings is 2. The quantitative estimate of drug-likeness (QED) is 0.345. The van der Waals surface area contributed by atoms with Gasteiger partial charge in [0.15, 0.2) is 16.6 Å². The molecule has 7 nitrogen and oxygen atoms in total. The highest BCUT2D eigenvalue weighted by Gasteiger charge is 2.32. The fourth-order valence-corrected chi connectivity index (χ4v) is 4.45. The van der Waals surface area contributed by atoms with Gasteiger partial charge in [-0.25, -0.2) is 4.98 Å². The normalized spacial score (nSPS) is 11.3. The second-order valence-corrected chi connectivity index (χ2v) is 7.99. The summed E-state index contributed by atoms with van der Waals surface area (Å²) in [6, 6.07) is 16.8. The maximum atomic E-state index is 13.3.